The van der Waals surface area contributed by atoms with Crippen LogP contribution in [0, 0.1) is 0 Å². The van der Waals surface area contributed by atoms with Crippen molar-refractivity contribution in [3.8, 4) is 0 Å². The summed E-state index contributed by atoms with van der Waals surface area (Å²) in [5.74, 6) is 0. The summed E-state index contributed by atoms with van der Waals surface area (Å²) in [6.07, 6.45) is 11.9. The van der Waals surface area contributed by atoms with Crippen LogP contribution in [0.2, 0.25) is 0 Å². The van der Waals surface area contributed by atoms with E-state index in [4.69, 9.17) is 4.74 Å². The van der Waals surface area contributed by atoms with E-state index in [9.17, 15) is 0 Å². The van der Waals surface area contributed by atoms with E-state index < -0.39 is 0 Å². The number of hydrogen-bond acceptors (Lipinski definition) is 2. The van der Waals surface area contributed by atoms with Gasteiger partial charge in [-0.3, -0.25) is 0 Å². The van der Waals surface area contributed by atoms with Crippen molar-refractivity contribution in [1.29, 1.82) is 0 Å². The third-order valence-electron chi connectivity index (χ3n) is 1.97. The van der Waals surface area contributed by atoms with E-state index in [-0.39, 0.29) is 5.48 Å². The Morgan fingerprint density at radius 3 is 1.95 bits per heavy atom. The number of dihydropyridines is 1. The van der Waals surface area contributed by atoms with E-state index in [1.165, 1.54) is 12.8 Å². The molecular weight excluding hydrogens is 238 g/mol. The summed E-state index contributed by atoms with van der Waals surface area (Å²) in [5, 5.41) is 3.29. The molecule has 0 aromatic rings. The summed E-state index contributed by atoms with van der Waals surface area (Å²) in [7, 11) is 1.75. The molecule has 0 spiro atoms. The molecule has 0 fully saturated rings. The third-order valence-corrected chi connectivity index (χ3v) is 1.97. The Hall–Kier alpha value is -0.800. The summed E-state index contributed by atoms with van der Waals surface area (Å²) < 4.78 is 4.98. The van der Waals surface area contributed by atoms with Crippen LogP contribution in [0.25, 0.3) is 0 Å². The molecule has 1 atom stereocenters. The first-order chi connectivity index (χ1) is 8.93. The lowest BCUT2D eigenvalue weighted by atomic mass is 10.1. The van der Waals surface area contributed by atoms with Crippen LogP contribution < -0.4 is 5.32 Å². The topological polar surface area (TPSA) is 52.8 Å². The predicted molar refractivity (Wildman–Crippen MR) is 88.6 cm³/mol. The van der Waals surface area contributed by atoms with E-state index in [0.717, 1.165) is 13.0 Å². The van der Waals surface area contributed by atoms with Gasteiger partial charge in [0.15, 0.2) is 0 Å². The van der Waals surface area contributed by atoms with Gasteiger partial charge in [0.05, 0.1) is 0 Å². The molecule has 3 nitrogen and oxygen atoms in total. The quantitative estimate of drug-likeness (QED) is 0.768. The van der Waals surface area contributed by atoms with Gasteiger partial charge in [-0.05, 0) is 31.5 Å². The average Bonchev–Trinajstić information content (AvgIpc) is 2.51. The normalized spacial score (nSPS) is 14.2. The first-order valence-electron chi connectivity index (χ1n) is 7.52. The number of ether oxygens (including phenoxy) is 1. The highest BCUT2D eigenvalue weighted by Gasteiger charge is 2.02. The molecule has 0 bridgehead atoms. The number of allylic oxidation sites excluding steroid dienone is 2. The lowest BCUT2D eigenvalue weighted by Crippen LogP contribution is -2.23. The van der Waals surface area contributed by atoms with Gasteiger partial charge in [-0.2, -0.15) is 0 Å². The second-order valence-electron chi connectivity index (χ2n) is 3.01. The maximum atomic E-state index is 4.98. The Balaban J connectivity index is -0.000000142. The van der Waals surface area contributed by atoms with Crippen molar-refractivity contribution < 1.29 is 10.2 Å². The lowest BCUT2D eigenvalue weighted by molar-refractivity contribution is 0.191. The maximum Gasteiger partial charge on any atom is 0.0462 e. The first-order valence-corrected chi connectivity index (χ1v) is 7.52. The van der Waals surface area contributed by atoms with Crippen molar-refractivity contribution in [2.24, 2.45) is 0 Å². The highest BCUT2D eigenvalue weighted by molar-refractivity contribution is 5.11. The fraction of sp³-hybridized carbons (Fsp3) is 0.750. The molecular formula is C16H37NO2. The number of rotatable bonds is 5. The molecule has 0 aliphatic carbocycles. The van der Waals surface area contributed by atoms with Crippen LogP contribution in [0.15, 0.2) is 24.4 Å². The number of unbranched alkanes of at least 4 members (excludes halogenated alkanes) is 1. The second-order valence-corrected chi connectivity index (χ2v) is 3.01. The molecule has 0 aromatic heterocycles. The zero-order chi connectivity index (χ0) is 14.6. The molecule has 0 saturated carbocycles. The largest absolute Gasteiger partial charge is 0.412 e. The number of nitrogens with one attached hydrogen (secondary N) is 1. The monoisotopic (exact) mass is 275 g/mol. The van der Waals surface area contributed by atoms with Crippen molar-refractivity contribution in [1.82, 2.24) is 5.32 Å². The van der Waals surface area contributed by atoms with Gasteiger partial charge in [-0.1, -0.05) is 53.7 Å². The minimum absolute atomic E-state index is 0. The van der Waals surface area contributed by atoms with Crippen LogP contribution in [0.3, 0.4) is 0 Å². The standard InChI is InChI=1S/C10H17NO.3C2H6.H2O/c1-12-9-5-3-7-10-6-2-4-8-11-10;3*1-2;/h2,4,6,8,10-11H,3,5,7,9H2,1H3;3*1-2H3;1H2. The molecule has 0 amide bonds. The smallest absolute Gasteiger partial charge is 0.0462 e. The summed E-state index contributed by atoms with van der Waals surface area (Å²) >= 11 is 0. The summed E-state index contributed by atoms with van der Waals surface area (Å²) in [6, 6.07) is 0.534. The summed E-state index contributed by atoms with van der Waals surface area (Å²) in [6.45, 7) is 12.9. The van der Waals surface area contributed by atoms with Gasteiger partial charge in [-0.15, -0.1) is 0 Å². The van der Waals surface area contributed by atoms with Crippen LogP contribution in [0.1, 0.15) is 60.8 Å². The maximum absolute atomic E-state index is 4.98. The molecule has 1 aliphatic rings. The Morgan fingerprint density at radius 1 is 0.947 bits per heavy atom. The highest BCUT2D eigenvalue weighted by atomic mass is 16.5. The number of hydrogen-bond donors (Lipinski definition) is 1. The van der Waals surface area contributed by atoms with Gasteiger partial charge in [0, 0.05) is 19.8 Å². The van der Waals surface area contributed by atoms with E-state index in [1.54, 1.807) is 7.11 Å². The highest BCUT2D eigenvalue weighted by Crippen LogP contribution is 2.05. The van der Waals surface area contributed by atoms with Crippen LogP contribution in [-0.2, 0) is 4.74 Å². The van der Waals surface area contributed by atoms with Crippen LogP contribution in [-0.4, -0.2) is 25.2 Å². The van der Waals surface area contributed by atoms with Gasteiger partial charge in [0.25, 0.3) is 0 Å². The van der Waals surface area contributed by atoms with Gasteiger partial charge < -0.3 is 15.5 Å². The molecule has 0 aromatic carbocycles. The molecule has 3 heteroatoms. The van der Waals surface area contributed by atoms with Gasteiger partial charge in [0.1, 0.15) is 0 Å². The minimum atomic E-state index is 0. The van der Waals surface area contributed by atoms with Gasteiger partial charge >= 0.3 is 0 Å². The Morgan fingerprint density at radius 2 is 1.53 bits per heavy atom. The zero-order valence-corrected chi connectivity index (χ0v) is 14.1. The molecule has 118 valence electrons. The molecule has 1 aliphatic heterocycles. The minimum Gasteiger partial charge on any atom is -0.412 e. The molecule has 3 N–H and O–H groups in total. The Bertz CT molecular complexity index is 168. The van der Waals surface area contributed by atoms with Crippen molar-refractivity contribution in [2.45, 2.75) is 66.8 Å². The van der Waals surface area contributed by atoms with Crippen LogP contribution in [0.5, 0.6) is 0 Å². The lowest BCUT2D eigenvalue weighted by Gasteiger charge is -2.14. The fourth-order valence-electron chi connectivity index (χ4n) is 1.28. The van der Waals surface area contributed by atoms with Crippen molar-refractivity contribution in [2.75, 3.05) is 13.7 Å². The predicted octanol–water partition coefficient (Wildman–Crippen LogP) is 4.10. The van der Waals surface area contributed by atoms with Crippen molar-refractivity contribution in [3.05, 3.63) is 24.4 Å². The molecule has 0 radical (unpaired) electrons. The SMILES string of the molecule is CC.CC.CC.COCCCCC1C=CC=CN1.O. The molecule has 1 unspecified atom stereocenters. The molecule has 1 rings (SSSR count). The van der Waals surface area contributed by atoms with Crippen LogP contribution >= 0.6 is 0 Å². The molecule has 19 heavy (non-hydrogen) atoms. The van der Waals surface area contributed by atoms with E-state index in [1.807, 2.05) is 53.8 Å². The average molecular weight is 275 g/mol. The molecule has 1 heterocycles. The van der Waals surface area contributed by atoms with E-state index in [0.29, 0.717) is 6.04 Å². The summed E-state index contributed by atoms with van der Waals surface area (Å²) in [5.41, 5.74) is 0. The van der Waals surface area contributed by atoms with Crippen LogP contribution in [0.4, 0.5) is 0 Å². The van der Waals surface area contributed by atoms with Crippen molar-refractivity contribution in [3.63, 3.8) is 0 Å². The van der Waals surface area contributed by atoms with E-state index in [2.05, 4.69) is 17.5 Å². The summed E-state index contributed by atoms with van der Waals surface area (Å²) in [4.78, 5) is 0. The van der Waals surface area contributed by atoms with Gasteiger partial charge in [-0.25, -0.2) is 0 Å². The molecule has 0 saturated heterocycles. The fourth-order valence-corrected chi connectivity index (χ4v) is 1.28. The van der Waals surface area contributed by atoms with Gasteiger partial charge in [0.2, 0.25) is 0 Å². The van der Waals surface area contributed by atoms with E-state index >= 15 is 0 Å². The Labute approximate surface area is 121 Å². The second kappa shape index (κ2) is 30.3. The van der Waals surface area contributed by atoms with Crippen molar-refractivity contribution >= 4 is 0 Å². The third kappa shape index (κ3) is 22.8. The Kier molecular flexibility index (Phi) is 42.6. The first kappa shape index (κ1) is 26.7. The zero-order valence-electron chi connectivity index (χ0n) is 14.1. The number of methoxy groups -OCH3 is 1.